The molecule has 0 radical (unpaired) electrons. The van der Waals surface area contributed by atoms with Gasteiger partial charge in [-0.15, -0.1) is 0 Å². The van der Waals surface area contributed by atoms with Gasteiger partial charge < -0.3 is 10.4 Å². The van der Waals surface area contributed by atoms with E-state index in [2.05, 4.69) is 15.3 Å². The fourth-order valence-corrected chi connectivity index (χ4v) is 2.58. The summed E-state index contributed by atoms with van der Waals surface area (Å²) in [6.07, 6.45) is 4.07. The number of nitrogens with one attached hydrogen (secondary N) is 1. The van der Waals surface area contributed by atoms with Crippen molar-refractivity contribution in [1.29, 1.82) is 0 Å². The van der Waals surface area contributed by atoms with Crippen LogP contribution in [0, 0.1) is 19.8 Å². The second-order valence-corrected chi connectivity index (χ2v) is 5.38. The minimum atomic E-state index is -0.204. The van der Waals surface area contributed by atoms with E-state index in [0.717, 1.165) is 30.7 Å². The maximum Gasteiger partial charge on any atom is 0.171 e. The molecular weight excluding hydrogens is 250 g/mol. The third kappa shape index (κ3) is 3.12. The van der Waals surface area contributed by atoms with Crippen LogP contribution in [0.2, 0.25) is 5.15 Å². The van der Waals surface area contributed by atoms with E-state index in [9.17, 15) is 5.11 Å². The van der Waals surface area contributed by atoms with Gasteiger partial charge in [-0.1, -0.05) is 24.4 Å². The van der Waals surface area contributed by atoms with E-state index in [1.54, 1.807) is 0 Å². The van der Waals surface area contributed by atoms with Crippen molar-refractivity contribution in [2.24, 2.45) is 5.92 Å². The smallest absolute Gasteiger partial charge is 0.171 e. The van der Waals surface area contributed by atoms with Gasteiger partial charge in [-0.25, -0.2) is 9.97 Å². The Labute approximate surface area is 113 Å². The van der Waals surface area contributed by atoms with Gasteiger partial charge in [0.25, 0.3) is 0 Å². The quantitative estimate of drug-likeness (QED) is 0.886. The summed E-state index contributed by atoms with van der Waals surface area (Å²) < 4.78 is 0. The van der Waals surface area contributed by atoms with Gasteiger partial charge in [0.05, 0.1) is 17.5 Å². The first-order valence-electron chi connectivity index (χ1n) is 6.50. The lowest BCUT2D eigenvalue weighted by atomic mass is 9.86. The number of nitrogens with zero attached hydrogens (tertiary/aromatic N) is 2. The molecule has 1 heterocycles. The number of aliphatic hydroxyl groups excluding tert-OH is 1. The first kappa shape index (κ1) is 13.6. The highest BCUT2D eigenvalue weighted by atomic mass is 35.5. The Hall–Kier alpha value is -0.870. The van der Waals surface area contributed by atoms with Gasteiger partial charge in [0.1, 0.15) is 0 Å². The molecular formula is C13H20ClN3O. The van der Waals surface area contributed by atoms with Crippen LogP contribution in [0.1, 0.15) is 37.1 Å². The maximum atomic E-state index is 9.91. The maximum absolute atomic E-state index is 9.91. The molecule has 1 saturated carbocycles. The van der Waals surface area contributed by atoms with E-state index < -0.39 is 0 Å². The van der Waals surface area contributed by atoms with Crippen LogP contribution in [-0.2, 0) is 0 Å². The number of halogens is 1. The predicted molar refractivity (Wildman–Crippen MR) is 73.0 cm³/mol. The molecule has 0 aliphatic heterocycles. The SMILES string of the molecule is Cc1nc(Cl)c(NCC2CCCCC2O)nc1C. The molecule has 1 aliphatic carbocycles. The Balaban J connectivity index is 1.99. The third-order valence-corrected chi connectivity index (χ3v) is 3.93. The molecule has 1 fully saturated rings. The monoisotopic (exact) mass is 269 g/mol. The molecule has 2 N–H and O–H groups in total. The molecule has 100 valence electrons. The van der Waals surface area contributed by atoms with Crippen molar-refractivity contribution in [2.75, 3.05) is 11.9 Å². The van der Waals surface area contributed by atoms with Crippen LogP contribution in [0.5, 0.6) is 0 Å². The van der Waals surface area contributed by atoms with E-state index in [1.807, 2.05) is 13.8 Å². The lowest BCUT2D eigenvalue weighted by Gasteiger charge is -2.27. The van der Waals surface area contributed by atoms with E-state index in [4.69, 9.17) is 11.6 Å². The summed E-state index contributed by atoms with van der Waals surface area (Å²) in [5.74, 6) is 0.913. The van der Waals surface area contributed by atoms with Crippen molar-refractivity contribution in [1.82, 2.24) is 9.97 Å². The van der Waals surface area contributed by atoms with E-state index in [0.29, 0.717) is 23.4 Å². The Morgan fingerprint density at radius 3 is 2.61 bits per heavy atom. The molecule has 5 heteroatoms. The molecule has 1 aromatic heterocycles. The number of hydrogen-bond donors (Lipinski definition) is 2. The van der Waals surface area contributed by atoms with Crippen LogP contribution in [0.25, 0.3) is 0 Å². The van der Waals surface area contributed by atoms with Crippen LogP contribution in [0.4, 0.5) is 5.82 Å². The highest BCUT2D eigenvalue weighted by Gasteiger charge is 2.23. The minimum absolute atomic E-state index is 0.204. The van der Waals surface area contributed by atoms with Gasteiger partial charge >= 0.3 is 0 Å². The largest absolute Gasteiger partial charge is 0.393 e. The van der Waals surface area contributed by atoms with Crippen LogP contribution in [-0.4, -0.2) is 27.7 Å². The number of aromatic nitrogens is 2. The van der Waals surface area contributed by atoms with Crippen molar-refractivity contribution in [3.8, 4) is 0 Å². The molecule has 0 amide bonds. The van der Waals surface area contributed by atoms with Crippen molar-refractivity contribution < 1.29 is 5.11 Å². The van der Waals surface area contributed by atoms with E-state index >= 15 is 0 Å². The molecule has 1 aliphatic rings. The second kappa shape index (κ2) is 5.85. The predicted octanol–water partition coefficient (Wildman–Crippen LogP) is 2.71. The second-order valence-electron chi connectivity index (χ2n) is 5.03. The lowest BCUT2D eigenvalue weighted by molar-refractivity contribution is 0.0763. The van der Waals surface area contributed by atoms with Gasteiger partial charge in [0.15, 0.2) is 11.0 Å². The average molecular weight is 270 g/mol. The topological polar surface area (TPSA) is 58.0 Å². The van der Waals surface area contributed by atoms with Gasteiger partial charge in [0.2, 0.25) is 0 Å². The van der Waals surface area contributed by atoms with Gasteiger partial charge in [-0.3, -0.25) is 0 Å². The number of rotatable bonds is 3. The first-order chi connectivity index (χ1) is 8.58. The van der Waals surface area contributed by atoms with Crippen molar-refractivity contribution >= 4 is 17.4 Å². The van der Waals surface area contributed by atoms with Crippen LogP contribution < -0.4 is 5.32 Å². The Morgan fingerprint density at radius 2 is 1.89 bits per heavy atom. The fourth-order valence-electron chi connectivity index (χ4n) is 2.34. The number of aryl methyl sites for hydroxylation is 2. The summed E-state index contributed by atoms with van der Waals surface area (Å²) in [4.78, 5) is 8.63. The summed E-state index contributed by atoms with van der Waals surface area (Å²) in [6, 6.07) is 0. The normalized spacial score (nSPS) is 24.0. The highest BCUT2D eigenvalue weighted by molar-refractivity contribution is 6.31. The van der Waals surface area contributed by atoms with Gasteiger partial charge in [-0.05, 0) is 26.7 Å². The van der Waals surface area contributed by atoms with E-state index in [-0.39, 0.29) is 6.10 Å². The molecule has 0 saturated heterocycles. The summed E-state index contributed by atoms with van der Waals surface area (Å²) in [5, 5.41) is 13.5. The van der Waals surface area contributed by atoms with E-state index in [1.165, 1.54) is 6.42 Å². The summed E-state index contributed by atoms with van der Waals surface area (Å²) in [6.45, 7) is 4.51. The molecule has 0 spiro atoms. The molecule has 2 unspecified atom stereocenters. The standard InChI is InChI=1S/C13H20ClN3O/c1-8-9(2)17-13(12(14)16-8)15-7-10-5-3-4-6-11(10)18/h10-11,18H,3-7H2,1-2H3,(H,15,17). The zero-order valence-electron chi connectivity index (χ0n) is 10.9. The van der Waals surface area contributed by atoms with Crippen molar-refractivity contribution in [3.63, 3.8) is 0 Å². The molecule has 0 aromatic carbocycles. The number of anilines is 1. The first-order valence-corrected chi connectivity index (χ1v) is 6.88. The Morgan fingerprint density at radius 1 is 1.22 bits per heavy atom. The van der Waals surface area contributed by atoms with Crippen molar-refractivity contribution in [3.05, 3.63) is 16.5 Å². The lowest BCUT2D eigenvalue weighted by Crippen LogP contribution is -2.30. The molecule has 1 aromatic rings. The molecule has 2 rings (SSSR count). The van der Waals surface area contributed by atoms with Crippen LogP contribution >= 0.6 is 11.6 Å². The van der Waals surface area contributed by atoms with Crippen LogP contribution in [0.15, 0.2) is 0 Å². The van der Waals surface area contributed by atoms with Crippen molar-refractivity contribution in [2.45, 2.75) is 45.6 Å². The summed E-state index contributed by atoms with van der Waals surface area (Å²) in [7, 11) is 0. The Bertz CT molecular complexity index is 425. The zero-order chi connectivity index (χ0) is 13.1. The third-order valence-electron chi connectivity index (χ3n) is 3.67. The number of hydrogen-bond acceptors (Lipinski definition) is 4. The number of aliphatic hydroxyl groups is 1. The zero-order valence-corrected chi connectivity index (χ0v) is 11.7. The molecule has 0 bridgehead atoms. The Kier molecular flexibility index (Phi) is 4.40. The van der Waals surface area contributed by atoms with Crippen LogP contribution in [0.3, 0.4) is 0 Å². The highest BCUT2D eigenvalue weighted by Crippen LogP contribution is 2.25. The fraction of sp³-hybridized carbons (Fsp3) is 0.692. The van der Waals surface area contributed by atoms with Gasteiger partial charge in [-0.2, -0.15) is 0 Å². The summed E-state index contributed by atoms with van der Waals surface area (Å²) >= 11 is 6.06. The van der Waals surface area contributed by atoms with Gasteiger partial charge in [0, 0.05) is 12.5 Å². The minimum Gasteiger partial charge on any atom is -0.393 e. The molecule has 18 heavy (non-hydrogen) atoms. The molecule has 4 nitrogen and oxygen atoms in total. The molecule has 2 atom stereocenters. The summed E-state index contributed by atoms with van der Waals surface area (Å²) in [5.41, 5.74) is 1.73. The average Bonchev–Trinajstić information content (AvgIpc) is 2.34.